The van der Waals surface area contributed by atoms with Crippen molar-refractivity contribution in [3.05, 3.63) is 35.4 Å². The number of carbonyl (C=O) groups is 1. The molecule has 3 rings (SSSR count). The van der Waals surface area contributed by atoms with Gasteiger partial charge in [-0.15, -0.1) is 0 Å². The standard InChI is InChI=1S/C18H26N2O2/c1-22-18(21)16-8-6-15(7-9-16)14-19-10-12-20(13-11-19)17-4-2-3-5-17/h6-9,17H,2-5,10-14H2,1H3. The van der Waals surface area contributed by atoms with Crippen molar-refractivity contribution in [2.45, 2.75) is 38.3 Å². The van der Waals surface area contributed by atoms with Crippen molar-refractivity contribution >= 4 is 5.97 Å². The average molecular weight is 302 g/mol. The van der Waals surface area contributed by atoms with E-state index in [4.69, 9.17) is 4.74 Å². The Kier molecular flexibility index (Phi) is 5.11. The number of carbonyl (C=O) groups excluding carboxylic acids is 1. The molecule has 22 heavy (non-hydrogen) atoms. The van der Waals surface area contributed by atoms with Crippen molar-refractivity contribution in [3.63, 3.8) is 0 Å². The van der Waals surface area contributed by atoms with E-state index in [9.17, 15) is 4.79 Å². The van der Waals surface area contributed by atoms with Crippen molar-refractivity contribution in [2.24, 2.45) is 0 Å². The van der Waals surface area contributed by atoms with Crippen molar-refractivity contribution < 1.29 is 9.53 Å². The lowest BCUT2D eigenvalue weighted by Crippen LogP contribution is -2.49. The molecule has 1 saturated carbocycles. The molecule has 1 aromatic rings. The summed E-state index contributed by atoms with van der Waals surface area (Å²) in [5, 5.41) is 0. The van der Waals surface area contributed by atoms with Gasteiger partial charge in [-0.1, -0.05) is 25.0 Å². The molecular formula is C18H26N2O2. The van der Waals surface area contributed by atoms with Crippen LogP contribution in [-0.4, -0.2) is 55.1 Å². The molecule has 0 unspecified atom stereocenters. The molecule has 1 aliphatic heterocycles. The maximum Gasteiger partial charge on any atom is 0.337 e. The number of hydrogen-bond donors (Lipinski definition) is 0. The summed E-state index contributed by atoms with van der Waals surface area (Å²) in [4.78, 5) is 16.6. The van der Waals surface area contributed by atoms with Gasteiger partial charge in [0.2, 0.25) is 0 Å². The molecule has 120 valence electrons. The first-order valence-corrected chi connectivity index (χ1v) is 8.40. The zero-order valence-corrected chi connectivity index (χ0v) is 13.5. The fourth-order valence-corrected chi connectivity index (χ4v) is 3.68. The van der Waals surface area contributed by atoms with E-state index < -0.39 is 0 Å². The van der Waals surface area contributed by atoms with Crippen molar-refractivity contribution in [1.82, 2.24) is 9.80 Å². The van der Waals surface area contributed by atoms with E-state index >= 15 is 0 Å². The van der Waals surface area contributed by atoms with E-state index in [0.717, 1.165) is 25.7 Å². The van der Waals surface area contributed by atoms with E-state index in [1.165, 1.54) is 51.4 Å². The first kappa shape index (κ1) is 15.5. The van der Waals surface area contributed by atoms with Gasteiger partial charge in [-0.05, 0) is 30.5 Å². The van der Waals surface area contributed by atoms with Gasteiger partial charge in [0, 0.05) is 38.8 Å². The van der Waals surface area contributed by atoms with Crippen LogP contribution >= 0.6 is 0 Å². The predicted molar refractivity (Wildman–Crippen MR) is 86.9 cm³/mol. The third kappa shape index (κ3) is 3.68. The molecule has 0 radical (unpaired) electrons. The normalized spacial score (nSPS) is 21.1. The lowest BCUT2D eigenvalue weighted by atomic mass is 10.1. The summed E-state index contributed by atoms with van der Waals surface area (Å²) in [5.74, 6) is -0.267. The minimum Gasteiger partial charge on any atom is -0.465 e. The monoisotopic (exact) mass is 302 g/mol. The molecule has 0 aromatic heterocycles. The van der Waals surface area contributed by atoms with Crippen LogP contribution in [0.2, 0.25) is 0 Å². The Balaban J connectivity index is 1.49. The van der Waals surface area contributed by atoms with Gasteiger partial charge in [0.1, 0.15) is 0 Å². The zero-order chi connectivity index (χ0) is 15.4. The quantitative estimate of drug-likeness (QED) is 0.800. The van der Waals surface area contributed by atoms with Crippen LogP contribution in [0.5, 0.6) is 0 Å². The highest BCUT2D eigenvalue weighted by Gasteiger charge is 2.25. The van der Waals surface area contributed by atoms with Gasteiger partial charge < -0.3 is 4.74 Å². The number of benzene rings is 1. The molecule has 2 fully saturated rings. The van der Waals surface area contributed by atoms with Crippen LogP contribution in [0.15, 0.2) is 24.3 Å². The summed E-state index contributed by atoms with van der Waals surface area (Å²) in [6.45, 7) is 5.67. The molecule has 0 atom stereocenters. The number of rotatable bonds is 4. The number of ether oxygens (including phenoxy) is 1. The fraction of sp³-hybridized carbons (Fsp3) is 0.611. The van der Waals surface area contributed by atoms with E-state index in [1.807, 2.05) is 24.3 Å². The number of methoxy groups -OCH3 is 1. The molecule has 0 spiro atoms. The van der Waals surface area contributed by atoms with Gasteiger partial charge >= 0.3 is 5.97 Å². The second kappa shape index (κ2) is 7.25. The molecule has 1 heterocycles. The van der Waals surface area contributed by atoms with Crippen LogP contribution in [0.4, 0.5) is 0 Å². The summed E-state index contributed by atoms with van der Waals surface area (Å²) >= 11 is 0. The SMILES string of the molecule is COC(=O)c1ccc(CN2CCN(C3CCCC3)CC2)cc1. The number of nitrogens with zero attached hydrogens (tertiary/aromatic N) is 2. The fourth-order valence-electron chi connectivity index (χ4n) is 3.68. The second-order valence-corrected chi connectivity index (χ2v) is 6.44. The predicted octanol–water partition coefficient (Wildman–Crippen LogP) is 2.53. The van der Waals surface area contributed by atoms with Gasteiger partial charge in [-0.25, -0.2) is 4.79 Å². The van der Waals surface area contributed by atoms with Gasteiger partial charge in [-0.2, -0.15) is 0 Å². The molecule has 4 heteroatoms. The topological polar surface area (TPSA) is 32.8 Å². The summed E-state index contributed by atoms with van der Waals surface area (Å²) in [5.41, 5.74) is 1.89. The third-order valence-corrected chi connectivity index (χ3v) is 5.03. The van der Waals surface area contributed by atoms with Gasteiger partial charge in [0.25, 0.3) is 0 Å². The minimum atomic E-state index is -0.267. The molecule has 1 aliphatic carbocycles. The summed E-state index contributed by atoms with van der Waals surface area (Å²) in [6, 6.07) is 8.64. The largest absolute Gasteiger partial charge is 0.465 e. The van der Waals surface area contributed by atoms with E-state index in [2.05, 4.69) is 9.80 Å². The van der Waals surface area contributed by atoms with E-state index in [-0.39, 0.29) is 5.97 Å². The van der Waals surface area contributed by atoms with E-state index in [0.29, 0.717) is 5.56 Å². The molecule has 0 N–H and O–H groups in total. The highest BCUT2D eigenvalue weighted by Crippen LogP contribution is 2.24. The lowest BCUT2D eigenvalue weighted by Gasteiger charge is -2.38. The van der Waals surface area contributed by atoms with Crippen LogP contribution < -0.4 is 0 Å². The van der Waals surface area contributed by atoms with Crippen LogP contribution in [0.25, 0.3) is 0 Å². The smallest absolute Gasteiger partial charge is 0.337 e. The summed E-state index contributed by atoms with van der Waals surface area (Å²) in [7, 11) is 1.42. The number of esters is 1. The molecule has 1 saturated heterocycles. The number of piperazine rings is 1. The molecular weight excluding hydrogens is 276 g/mol. The van der Waals surface area contributed by atoms with Gasteiger partial charge in [0.05, 0.1) is 12.7 Å². The lowest BCUT2D eigenvalue weighted by molar-refractivity contribution is 0.0600. The molecule has 2 aliphatic rings. The molecule has 1 aromatic carbocycles. The van der Waals surface area contributed by atoms with Crippen LogP contribution in [0, 0.1) is 0 Å². The zero-order valence-electron chi connectivity index (χ0n) is 13.5. The first-order chi connectivity index (χ1) is 10.8. The Labute approximate surface area is 133 Å². The molecule has 0 bridgehead atoms. The average Bonchev–Trinajstić information content (AvgIpc) is 3.10. The Morgan fingerprint density at radius 2 is 1.73 bits per heavy atom. The Hall–Kier alpha value is -1.39. The van der Waals surface area contributed by atoms with Crippen molar-refractivity contribution in [2.75, 3.05) is 33.3 Å². The van der Waals surface area contributed by atoms with Gasteiger partial charge in [0.15, 0.2) is 0 Å². The maximum atomic E-state index is 11.4. The van der Waals surface area contributed by atoms with E-state index in [1.54, 1.807) is 0 Å². The first-order valence-electron chi connectivity index (χ1n) is 8.40. The van der Waals surface area contributed by atoms with Crippen molar-refractivity contribution in [1.29, 1.82) is 0 Å². The Bertz CT molecular complexity index is 486. The number of hydrogen-bond acceptors (Lipinski definition) is 4. The third-order valence-electron chi connectivity index (χ3n) is 5.03. The van der Waals surface area contributed by atoms with Crippen molar-refractivity contribution in [3.8, 4) is 0 Å². The highest BCUT2D eigenvalue weighted by molar-refractivity contribution is 5.89. The summed E-state index contributed by atoms with van der Waals surface area (Å²) < 4.78 is 4.73. The highest BCUT2D eigenvalue weighted by atomic mass is 16.5. The van der Waals surface area contributed by atoms with Gasteiger partial charge in [-0.3, -0.25) is 9.80 Å². The van der Waals surface area contributed by atoms with Crippen LogP contribution in [0.1, 0.15) is 41.6 Å². The Morgan fingerprint density at radius 1 is 1.09 bits per heavy atom. The van der Waals surface area contributed by atoms with Crippen LogP contribution in [0.3, 0.4) is 0 Å². The Morgan fingerprint density at radius 3 is 2.32 bits per heavy atom. The summed E-state index contributed by atoms with van der Waals surface area (Å²) in [6.07, 6.45) is 5.62. The minimum absolute atomic E-state index is 0.267. The molecule has 4 nitrogen and oxygen atoms in total. The molecule has 0 amide bonds. The van der Waals surface area contributed by atoms with Crippen LogP contribution in [-0.2, 0) is 11.3 Å². The second-order valence-electron chi connectivity index (χ2n) is 6.44. The maximum absolute atomic E-state index is 11.4.